The minimum absolute atomic E-state index is 0.0884. The average molecular weight is 366 g/mol. The van der Waals surface area contributed by atoms with Crippen LogP contribution in [0.15, 0.2) is 60.2 Å². The van der Waals surface area contributed by atoms with E-state index in [1.165, 1.54) is 0 Å². The molecule has 142 valence electrons. The lowest BCUT2D eigenvalue weighted by Gasteiger charge is -2.14. The van der Waals surface area contributed by atoms with Gasteiger partial charge >= 0.3 is 0 Å². The Morgan fingerprint density at radius 2 is 1.93 bits per heavy atom. The third-order valence-corrected chi connectivity index (χ3v) is 3.80. The Hall–Kier alpha value is -3.08. The van der Waals surface area contributed by atoms with Crippen molar-refractivity contribution in [1.82, 2.24) is 5.43 Å². The van der Waals surface area contributed by atoms with Crippen molar-refractivity contribution in [2.75, 3.05) is 13.2 Å². The van der Waals surface area contributed by atoms with Gasteiger partial charge in [-0.1, -0.05) is 38.6 Å². The number of benzene rings is 2. The molecule has 0 aliphatic rings. The van der Waals surface area contributed by atoms with Crippen LogP contribution in [0.4, 0.5) is 0 Å². The van der Waals surface area contributed by atoms with Crippen molar-refractivity contribution >= 4 is 12.1 Å². The van der Waals surface area contributed by atoms with E-state index in [1.54, 1.807) is 12.3 Å². The van der Waals surface area contributed by atoms with Crippen LogP contribution in [0.5, 0.6) is 11.5 Å². The standard InChI is InChI=1S/C22H26N2O3/c1-5-12-26-19-9-7-18(8-10-19)14-23-24-22(25)15-27-21-13-17(4)6-11-20(21)16(2)3/h5-11,13-14,16H,1,12,15H2,2-4H3,(H,24,25). The minimum Gasteiger partial charge on any atom is -0.490 e. The molecule has 5 heteroatoms. The van der Waals surface area contributed by atoms with E-state index in [4.69, 9.17) is 9.47 Å². The molecule has 2 aromatic rings. The number of hydrogen-bond donors (Lipinski definition) is 1. The zero-order valence-corrected chi connectivity index (χ0v) is 16.1. The number of aryl methyl sites for hydroxylation is 1. The first kappa shape index (κ1) is 20.2. The maximum Gasteiger partial charge on any atom is 0.277 e. The number of rotatable bonds is 9. The van der Waals surface area contributed by atoms with Gasteiger partial charge in [0.1, 0.15) is 18.1 Å². The van der Waals surface area contributed by atoms with Gasteiger partial charge in [0.2, 0.25) is 0 Å². The summed E-state index contributed by atoms with van der Waals surface area (Å²) >= 11 is 0. The summed E-state index contributed by atoms with van der Waals surface area (Å²) in [4.78, 5) is 12.0. The highest BCUT2D eigenvalue weighted by molar-refractivity contribution is 5.83. The first-order valence-corrected chi connectivity index (χ1v) is 8.88. The average Bonchev–Trinajstić information content (AvgIpc) is 2.65. The molecule has 2 rings (SSSR count). The number of amides is 1. The summed E-state index contributed by atoms with van der Waals surface area (Å²) in [5.74, 6) is 1.50. The fourth-order valence-corrected chi connectivity index (χ4v) is 2.40. The quantitative estimate of drug-likeness (QED) is 0.411. The first-order valence-electron chi connectivity index (χ1n) is 8.88. The number of hydrazone groups is 1. The van der Waals surface area contributed by atoms with Crippen molar-refractivity contribution in [2.45, 2.75) is 26.7 Å². The molecule has 0 fully saturated rings. The maximum absolute atomic E-state index is 12.0. The number of carbonyl (C=O) groups is 1. The molecule has 5 nitrogen and oxygen atoms in total. The fourth-order valence-electron chi connectivity index (χ4n) is 2.40. The van der Waals surface area contributed by atoms with Gasteiger partial charge in [-0.05, 0) is 59.9 Å². The second kappa shape index (κ2) is 10.2. The zero-order valence-electron chi connectivity index (χ0n) is 16.1. The number of ether oxygens (including phenoxy) is 2. The molecule has 0 spiro atoms. The second-order valence-corrected chi connectivity index (χ2v) is 6.45. The van der Waals surface area contributed by atoms with Crippen molar-refractivity contribution in [3.8, 4) is 11.5 Å². The third-order valence-electron chi connectivity index (χ3n) is 3.80. The molecule has 0 saturated carbocycles. The predicted molar refractivity (Wildman–Crippen MR) is 109 cm³/mol. The third kappa shape index (κ3) is 6.62. The van der Waals surface area contributed by atoms with Crippen molar-refractivity contribution in [2.24, 2.45) is 5.10 Å². The zero-order chi connectivity index (χ0) is 19.6. The van der Waals surface area contributed by atoms with E-state index in [0.717, 1.165) is 28.2 Å². The molecule has 0 aliphatic heterocycles. The molecule has 0 aromatic heterocycles. The molecule has 0 radical (unpaired) electrons. The molecule has 1 amide bonds. The van der Waals surface area contributed by atoms with Crippen LogP contribution in [0.2, 0.25) is 0 Å². The summed E-state index contributed by atoms with van der Waals surface area (Å²) < 4.78 is 11.1. The van der Waals surface area contributed by atoms with E-state index < -0.39 is 0 Å². The molecule has 1 N–H and O–H groups in total. The molecule has 0 saturated heterocycles. The summed E-state index contributed by atoms with van der Waals surface area (Å²) in [6.45, 7) is 10.2. The molecular weight excluding hydrogens is 340 g/mol. The van der Waals surface area contributed by atoms with Gasteiger partial charge in [0.05, 0.1) is 6.21 Å². The van der Waals surface area contributed by atoms with Gasteiger partial charge in [0.15, 0.2) is 6.61 Å². The Bertz CT molecular complexity index is 796. The van der Waals surface area contributed by atoms with Gasteiger partial charge in [-0.3, -0.25) is 4.79 Å². The smallest absolute Gasteiger partial charge is 0.277 e. The van der Waals surface area contributed by atoms with Gasteiger partial charge in [0, 0.05) is 0 Å². The predicted octanol–water partition coefficient (Wildman–Crippen LogP) is 4.21. The summed E-state index contributed by atoms with van der Waals surface area (Å²) in [5, 5.41) is 3.96. The monoisotopic (exact) mass is 366 g/mol. The Balaban J connectivity index is 1.85. The second-order valence-electron chi connectivity index (χ2n) is 6.45. The molecular formula is C22H26N2O3. The van der Waals surface area contributed by atoms with Crippen LogP contribution in [0.25, 0.3) is 0 Å². The Labute approximate surface area is 160 Å². The van der Waals surface area contributed by atoms with Crippen LogP contribution in [0, 0.1) is 6.92 Å². The maximum atomic E-state index is 12.0. The van der Waals surface area contributed by atoms with Gasteiger partial charge in [-0.15, -0.1) is 0 Å². The molecule has 0 heterocycles. The Kier molecular flexibility index (Phi) is 7.62. The SMILES string of the molecule is C=CCOc1ccc(C=NNC(=O)COc2cc(C)ccc2C(C)C)cc1. The van der Waals surface area contributed by atoms with Gasteiger partial charge < -0.3 is 9.47 Å². The van der Waals surface area contributed by atoms with E-state index in [-0.39, 0.29) is 12.5 Å². The molecule has 0 unspecified atom stereocenters. The number of nitrogens with zero attached hydrogens (tertiary/aromatic N) is 1. The van der Waals surface area contributed by atoms with Crippen LogP contribution < -0.4 is 14.9 Å². The minimum atomic E-state index is -0.312. The van der Waals surface area contributed by atoms with Gasteiger partial charge in [-0.25, -0.2) is 5.43 Å². The molecule has 0 atom stereocenters. The molecule has 27 heavy (non-hydrogen) atoms. The van der Waals surface area contributed by atoms with E-state index in [1.807, 2.05) is 49.4 Å². The summed E-state index contributed by atoms with van der Waals surface area (Å²) in [6.07, 6.45) is 3.26. The van der Waals surface area contributed by atoms with Crippen LogP contribution in [-0.4, -0.2) is 25.3 Å². The van der Waals surface area contributed by atoms with Crippen molar-refractivity contribution < 1.29 is 14.3 Å². The van der Waals surface area contributed by atoms with Gasteiger partial charge in [0.25, 0.3) is 5.91 Å². The topological polar surface area (TPSA) is 59.9 Å². The van der Waals surface area contributed by atoms with Crippen LogP contribution in [0.3, 0.4) is 0 Å². The lowest BCUT2D eigenvalue weighted by molar-refractivity contribution is -0.123. The molecule has 0 aliphatic carbocycles. The normalized spacial score (nSPS) is 10.8. The van der Waals surface area contributed by atoms with E-state index >= 15 is 0 Å². The van der Waals surface area contributed by atoms with Crippen LogP contribution in [0.1, 0.15) is 36.5 Å². The van der Waals surface area contributed by atoms with E-state index in [9.17, 15) is 4.79 Å². The highest BCUT2D eigenvalue weighted by atomic mass is 16.5. The first-order chi connectivity index (χ1) is 13.0. The van der Waals surface area contributed by atoms with Gasteiger partial charge in [-0.2, -0.15) is 5.10 Å². The number of nitrogens with one attached hydrogen (secondary N) is 1. The highest BCUT2D eigenvalue weighted by Crippen LogP contribution is 2.27. The lowest BCUT2D eigenvalue weighted by Crippen LogP contribution is -2.25. The van der Waals surface area contributed by atoms with E-state index in [0.29, 0.717) is 12.5 Å². The summed E-state index contributed by atoms with van der Waals surface area (Å²) in [5.41, 5.74) is 5.49. The highest BCUT2D eigenvalue weighted by Gasteiger charge is 2.10. The summed E-state index contributed by atoms with van der Waals surface area (Å²) in [6, 6.07) is 13.4. The summed E-state index contributed by atoms with van der Waals surface area (Å²) in [7, 11) is 0. The van der Waals surface area contributed by atoms with E-state index in [2.05, 4.69) is 31.0 Å². The van der Waals surface area contributed by atoms with Crippen molar-refractivity contribution in [1.29, 1.82) is 0 Å². The molecule has 2 aromatic carbocycles. The molecule has 0 bridgehead atoms. The fraction of sp³-hybridized carbons (Fsp3) is 0.273. The van der Waals surface area contributed by atoms with Crippen molar-refractivity contribution in [3.05, 3.63) is 71.8 Å². The lowest BCUT2D eigenvalue weighted by atomic mass is 10.0. The van der Waals surface area contributed by atoms with Crippen LogP contribution >= 0.6 is 0 Å². The largest absolute Gasteiger partial charge is 0.490 e. The van der Waals surface area contributed by atoms with Crippen LogP contribution in [-0.2, 0) is 4.79 Å². The Morgan fingerprint density at radius 1 is 1.19 bits per heavy atom. The Morgan fingerprint density at radius 3 is 2.59 bits per heavy atom. The number of hydrogen-bond acceptors (Lipinski definition) is 4. The van der Waals surface area contributed by atoms with Crippen molar-refractivity contribution in [3.63, 3.8) is 0 Å². The number of carbonyl (C=O) groups excluding carboxylic acids is 1.